The van der Waals surface area contributed by atoms with Crippen LogP contribution in [0.1, 0.15) is 44.7 Å². The van der Waals surface area contributed by atoms with E-state index in [1.54, 1.807) is 0 Å². The molecule has 1 heterocycles. The molecule has 1 aromatic rings. The van der Waals surface area contributed by atoms with E-state index in [0.29, 0.717) is 23.8 Å². The molecule has 0 saturated carbocycles. The molecule has 1 N–H and O–H groups in total. The van der Waals surface area contributed by atoms with E-state index in [1.807, 2.05) is 19.2 Å². The Kier molecular flexibility index (Phi) is 4.21. The first-order valence-electron chi connectivity index (χ1n) is 8.58. The molecule has 1 aliphatic heterocycles. The van der Waals surface area contributed by atoms with Gasteiger partial charge in [0.05, 0.1) is 6.10 Å². The lowest BCUT2D eigenvalue weighted by molar-refractivity contribution is -0.0123. The predicted molar refractivity (Wildman–Crippen MR) is 89.4 cm³/mol. The topological polar surface area (TPSA) is 32.7 Å². The summed E-state index contributed by atoms with van der Waals surface area (Å²) in [5.41, 5.74) is 2.97. The van der Waals surface area contributed by atoms with Crippen molar-refractivity contribution in [2.45, 2.75) is 57.6 Å². The number of rotatable bonds is 4. The molecule has 0 amide bonds. The van der Waals surface area contributed by atoms with E-state index in [9.17, 15) is 5.11 Å². The second-order valence-corrected chi connectivity index (χ2v) is 7.33. The Morgan fingerprint density at radius 2 is 2.23 bits per heavy atom. The van der Waals surface area contributed by atoms with Gasteiger partial charge in [-0.15, -0.1) is 0 Å². The number of likely N-dealkylation sites (tertiary alicyclic amines) is 1. The molecule has 1 fully saturated rings. The highest BCUT2D eigenvalue weighted by molar-refractivity contribution is 5.44. The van der Waals surface area contributed by atoms with Crippen molar-refractivity contribution in [1.82, 2.24) is 4.90 Å². The van der Waals surface area contributed by atoms with E-state index in [2.05, 4.69) is 31.7 Å². The Morgan fingerprint density at radius 3 is 2.91 bits per heavy atom. The molecule has 4 atom stereocenters. The van der Waals surface area contributed by atoms with Crippen LogP contribution in [-0.4, -0.2) is 42.4 Å². The van der Waals surface area contributed by atoms with Crippen molar-refractivity contribution in [1.29, 1.82) is 0 Å². The highest BCUT2D eigenvalue weighted by atomic mass is 16.5. The molecule has 2 bridgehead atoms. The summed E-state index contributed by atoms with van der Waals surface area (Å²) < 4.78 is 5.61. The first-order chi connectivity index (χ1) is 10.5. The molecule has 0 unspecified atom stereocenters. The highest BCUT2D eigenvalue weighted by Gasteiger charge is 2.48. The number of hydrogen-bond donors (Lipinski definition) is 1. The standard InChI is InChI=1S/C19H29NO2/c1-5-16(22-4)12-20-9-8-19(3)13(2)18(20)10-14-6-7-15(21)11-17(14)19/h6-7,11,13,16,18,21H,5,8-10,12H2,1-4H3/t13-,16+,18-,19+/m1/s1. The minimum absolute atomic E-state index is 0.183. The summed E-state index contributed by atoms with van der Waals surface area (Å²) in [7, 11) is 1.82. The zero-order valence-electron chi connectivity index (χ0n) is 14.3. The molecule has 1 aromatic carbocycles. The monoisotopic (exact) mass is 303 g/mol. The summed E-state index contributed by atoms with van der Waals surface area (Å²) in [6.07, 6.45) is 3.64. The van der Waals surface area contributed by atoms with E-state index in [-0.39, 0.29) is 5.41 Å². The van der Waals surface area contributed by atoms with Gasteiger partial charge >= 0.3 is 0 Å². The Bertz CT molecular complexity index is 540. The van der Waals surface area contributed by atoms with Crippen molar-refractivity contribution >= 4 is 0 Å². The fraction of sp³-hybridized carbons (Fsp3) is 0.684. The molecular weight excluding hydrogens is 274 g/mol. The molecule has 3 heteroatoms. The second kappa shape index (κ2) is 5.86. The number of ether oxygens (including phenoxy) is 1. The van der Waals surface area contributed by atoms with Crippen molar-refractivity contribution in [2.24, 2.45) is 5.92 Å². The van der Waals surface area contributed by atoms with Crippen LogP contribution in [0.5, 0.6) is 5.75 Å². The highest BCUT2D eigenvalue weighted by Crippen LogP contribution is 2.49. The van der Waals surface area contributed by atoms with E-state index >= 15 is 0 Å². The number of phenolic OH excluding ortho intramolecular Hbond substituents is 1. The molecule has 0 spiro atoms. The Labute approximate surface area is 134 Å². The van der Waals surface area contributed by atoms with E-state index in [0.717, 1.165) is 32.4 Å². The predicted octanol–water partition coefficient (Wildman–Crippen LogP) is 3.34. The first kappa shape index (κ1) is 15.8. The van der Waals surface area contributed by atoms with Crippen LogP contribution in [0.15, 0.2) is 18.2 Å². The van der Waals surface area contributed by atoms with Gasteiger partial charge in [0.2, 0.25) is 0 Å². The molecule has 1 saturated heterocycles. The normalized spacial score (nSPS) is 32.5. The van der Waals surface area contributed by atoms with Crippen LogP contribution in [-0.2, 0) is 16.6 Å². The van der Waals surface area contributed by atoms with Crippen LogP contribution in [0.2, 0.25) is 0 Å². The number of piperidine rings is 1. The van der Waals surface area contributed by atoms with Crippen molar-refractivity contribution < 1.29 is 9.84 Å². The maximum absolute atomic E-state index is 9.89. The lowest BCUT2D eigenvalue weighted by atomic mass is 9.59. The van der Waals surface area contributed by atoms with Gasteiger partial charge in [0.15, 0.2) is 0 Å². The van der Waals surface area contributed by atoms with Crippen LogP contribution in [0.25, 0.3) is 0 Å². The zero-order valence-corrected chi connectivity index (χ0v) is 14.3. The molecule has 3 nitrogen and oxygen atoms in total. The molecule has 0 aromatic heterocycles. The van der Waals surface area contributed by atoms with E-state index in [4.69, 9.17) is 4.74 Å². The van der Waals surface area contributed by atoms with Crippen LogP contribution < -0.4 is 0 Å². The Morgan fingerprint density at radius 1 is 1.45 bits per heavy atom. The third-order valence-electron chi connectivity index (χ3n) is 6.33. The largest absolute Gasteiger partial charge is 0.508 e. The molecule has 2 aliphatic rings. The average molecular weight is 303 g/mol. The summed E-state index contributed by atoms with van der Waals surface area (Å²) in [5, 5.41) is 9.89. The van der Waals surface area contributed by atoms with E-state index < -0.39 is 0 Å². The number of methoxy groups -OCH3 is 1. The summed E-state index contributed by atoms with van der Waals surface area (Å²) >= 11 is 0. The number of fused-ring (bicyclic) bond motifs is 4. The molecule has 3 rings (SSSR count). The maximum atomic E-state index is 9.89. The molecule has 22 heavy (non-hydrogen) atoms. The van der Waals surface area contributed by atoms with Gasteiger partial charge in [0.1, 0.15) is 5.75 Å². The van der Waals surface area contributed by atoms with Gasteiger partial charge in [-0.1, -0.05) is 26.8 Å². The van der Waals surface area contributed by atoms with Crippen LogP contribution in [0.3, 0.4) is 0 Å². The fourth-order valence-corrected chi connectivity index (χ4v) is 4.55. The lowest BCUT2D eigenvalue weighted by Gasteiger charge is -2.55. The zero-order chi connectivity index (χ0) is 15.9. The summed E-state index contributed by atoms with van der Waals surface area (Å²) in [6.45, 7) is 9.13. The van der Waals surface area contributed by atoms with Gasteiger partial charge in [0.25, 0.3) is 0 Å². The molecule has 0 radical (unpaired) electrons. The quantitative estimate of drug-likeness (QED) is 0.926. The fourth-order valence-electron chi connectivity index (χ4n) is 4.55. The SMILES string of the molecule is CC[C@@H](CN1CC[C@]2(C)c3cc(O)ccc3C[C@@H]1[C@H]2C)OC. The average Bonchev–Trinajstić information content (AvgIpc) is 2.51. The maximum Gasteiger partial charge on any atom is 0.115 e. The van der Waals surface area contributed by atoms with Gasteiger partial charge in [-0.3, -0.25) is 4.90 Å². The third kappa shape index (κ3) is 2.44. The van der Waals surface area contributed by atoms with Crippen LogP contribution >= 0.6 is 0 Å². The van der Waals surface area contributed by atoms with Crippen LogP contribution in [0.4, 0.5) is 0 Å². The summed E-state index contributed by atoms with van der Waals surface area (Å²) in [5.74, 6) is 1.00. The Balaban J connectivity index is 1.91. The number of hydrogen-bond acceptors (Lipinski definition) is 3. The van der Waals surface area contributed by atoms with Crippen molar-refractivity contribution in [3.05, 3.63) is 29.3 Å². The lowest BCUT2D eigenvalue weighted by Crippen LogP contribution is -2.59. The van der Waals surface area contributed by atoms with Gasteiger partial charge in [-0.2, -0.15) is 0 Å². The minimum Gasteiger partial charge on any atom is -0.508 e. The van der Waals surface area contributed by atoms with Gasteiger partial charge in [-0.05, 0) is 60.4 Å². The van der Waals surface area contributed by atoms with Gasteiger partial charge in [-0.25, -0.2) is 0 Å². The third-order valence-corrected chi connectivity index (χ3v) is 6.33. The van der Waals surface area contributed by atoms with Crippen molar-refractivity contribution in [3.8, 4) is 5.75 Å². The second-order valence-electron chi connectivity index (χ2n) is 7.33. The van der Waals surface area contributed by atoms with E-state index in [1.165, 1.54) is 11.1 Å². The first-order valence-corrected chi connectivity index (χ1v) is 8.58. The molecular formula is C19H29NO2. The number of benzene rings is 1. The summed E-state index contributed by atoms with van der Waals surface area (Å²) in [6, 6.07) is 6.54. The van der Waals surface area contributed by atoms with Crippen LogP contribution in [0, 0.1) is 5.92 Å². The smallest absolute Gasteiger partial charge is 0.115 e. The summed E-state index contributed by atoms with van der Waals surface area (Å²) in [4.78, 5) is 2.64. The molecule has 122 valence electrons. The van der Waals surface area contributed by atoms with Gasteiger partial charge < -0.3 is 9.84 Å². The van der Waals surface area contributed by atoms with Gasteiger partial charge in [0, 0.05) is 19.7 Å². The molecule has 1 aliphatic carbocycles. The van der Waals surface area contributed by atoms with Crippen molar-refractivity contribution in [2.75, 3.05) is 20.2 Å². The minimum atomic E-state index is 0.183. The number of nitrogens with zero attached hydrogens (tertiary/aromatic N) is 1. The van der Waals surface area contributed by atoms with Crippen molar-refractivity contribution in [3.63, 3.8) is 0 Å². The Hall–Kier alpha value is -1.06. The number of aromatic hydroxyl groups is 1. The number of phenols is 1.